The molecule has 0 spiro atoms. The third-order valence-corrected chi connectivity index (χ3v) is 3.48. The van der Waals surface area contributed by atoms with Crippen LogP contribution in [0.2, 0.25) is 0 Å². The topological polar surface area (TPSA) is 35.5 Å². The van der Waals surface area contributed by atoms with Gasteiger partial charge in [0.2, 0.25) is 0 Å². The van der Waals surface area contributed by atoms with Gasteiger partial charge in [-0.05, 0) is 6.92 Å². The maximum atomic E-state index is 12.3. The molecule has 1 fully saturated rings. The monoisotopic (exact) mass is 276 g/mol. The van der Waals surface area contributed by atoms with Crippen LogP contribution in [0.4, 0.5) is 0 Å². The summed E-state index contributed by atoms with van der Waals surface area (Å²) in [4.78, 5) is 12.3. The van der Waals surface area contributed by atoms with E-state index in [0.717, 1.165) is 12.0 Å². The van der Waals surface area contributed by atoms with Crippen LogP contribution in [0.25, 0.3) is 0 Å². The first-order valence-electron chi connectivity index (χ1n) is 7.25. The Hall–Kier alpha value is -1.19. The Bertz CT molecular complexity index is 447. The molecule has 1 heterocycles. The lowest BCUT2D eigenvalue weighted by molar-refractivity contribution is -0.274. The van der Waals surface area contributed by atoms with Gasteiger partial charge in [0.15, 0.2) is 12.1 Å². The molecule has 0 amide bonds. The highest BCUT2D eigenvalue weighted by Gasteiger charge is 2.36. The van der Waals surface area contributed by atoms with Gasteiger partial charge in [0.25, 0.3) is 0 Å². The summed E-state index contributed by atoms with van der Waals surface area (Å²) in [6, 6.07) is 9.40. The minimum atomic E-state index is -0.250. The van der Waals surface area contributed by atoms with Crippen LogP contribution in [0, 0.1) is 5.41 Å². The molecule has 0 aromatic heterocycles. The molecular formula is C17H24O3. The van der Waals surface area contributed by atoms with Crippen molar-refractivity contribution >= 4 is 5.78 Å². The van der Waals surface area contributed by atoms with Crippen molar-refractivity contribution in [3.8, 4) is 0 Å². The maximum absolute atomic E-state index is 12.3. The van der Waals surface area contributed by atoms with Crippen molar-refractivity contribution < 1.29 is 14.3 Å². The first kappa shape index (κ1) is 15.2. The maximum Gasteiger partial charge on any atom is 0.165 e. The third kappa shape index (κ3) is 3.90. The second-order valence-corrected chi connectivity index (χ2v) is 6.63. The van der Waals surface area contributed by atoms with E-state index >= 15 is 0 Å². The summed E-state index contributed by atoms with van der Waals surface area (Å²) >= 11 is 0. The Kier molecular flexibility index (Phi) is 4.61. The quantitative estimate of drug-likeness (QED) is 0.787. The Balaban J connectivity index is 2.00. The number of hydrogen-bond acceptors (Lipinski definition) is 3. The summed E-state index contributed by atoms with van der Waals surface area (Å²) in [5, 5.41) is 0. The Labute approximate surface area is 121 Å². The summed E-state index contributed by atoms with van der Waals surface area (Å²) < 4.78 is 11.8. The summed E-state index contributed by atoms with van der Waals surface area (Å²) in [5.41, 5.74) is 0.672. The molecule has 0 radical (unpaired) electrons. The summed E-state index contributed by atoms with van der Waals surface area (Å²) in [5.74, 6) is 0.136. The van der Waals surface area contributed by atoms with E-state index in [9.17, 15) is 4.79 Å². The Morgan fingerprint density at radius 2 is 1.85 bits per heavy atom. The average molecular weight is 276 g/mol. The number of rotatable bonds is 3. The zero-order valence-electron chi connectivity index (χ0n) is 12.8. The Morgan fingerprint density at radius 1 is 1.20 bits per heavy atom. The molecular weight excluding hydrogens is 252 g/mol. The zero-order chi connectivity index (χ0) is 14.8. The summed E-state index contributed by atoms with van der Waals surface area (Å²) in [6.45, 7) is 8.31. The van der Waals surface area contributed by atoms with Crippen LogP contribution < -0.4 is 0 Å². The number of ketones is 1. The largest absolute Gasteiger partial charge is 0.349 e. The minimum absolute atomic E-state index is 0.0596. The predicted octanol–water partition coefficient (Wildman–Crippen LogP) is 3.83. The number of benzene rings is 1. The highest BCUT2D eigenvalue weighted by atomic mass is 16.7. The fourth-order valence-electron chi connectivity index (χ4n) is 2.39. The van der Waals surface area contributed by atoms with Crippen LogP contribution in [-0.4, -0.2) is 24.3 Å². The van der Waals surface area contributed by atoms with Crippen molar-refractivity contribution in [2.24, 2.45) is 5.41 Å². The second-order valence-electron chi connectivity index (χ2n) is 6.63. The van der Waals surface area contributed by atoms with Crippen molar-refractivity contribution in [2.45, 2.75) is 59.0 Å². The number of carbonyl (C=O) groups excluding carboxylic acids is 1. The van der Waals surface area contributed by atoms with Gasteiger partial charge < -0.3 is 9.47 Å². The normalized spacial score (nSPS) is 27.3. The average Bonchev–Trinajstić information content (AvgIpc) is 2.38. The van der Waals surface area contributed by atoms with Gasteiger partial charge in [0.05, 0.1) is 12.2 Å². The van der Waals surface area contributed by atoms with Gasteiger partial charge in [0, 0.05) is 23.8 Å². The molecule has 0 aliphatic carbocycles. The van der Waals surface area contributed by atoms with Crippen molar-refractivity contribution in [3.05, 3.63) is 35.9 Å². The molecule has 0 saturated carbocycles. The smallest absolute Gasteiger partial charge is 0.165 e. The molecule has 0 unspecified atom stereocenters. The van der Waals surface area contributed by atoms with Crippen molar-refractivity contribution in [2.75, 3.05) is 0 Å². The first-order chi connectivity index (χ1) is 9.36. The van der Waals surface area contributed by atoms with Gasteiger partial charge in [-0.1, -0.05) is 51.1 Å². The van der Waals surface area contributed by atoms with E-state index in [-0.39, 0.29) is 29.7 Å². The molecule has 1 aliphatic heterocycles. The number of carbonyl (C=O) groups is 1. The summed E-state index contributed by atoms with van der Waals surface area (Å²) in [7, 11) is 0. The molecule has 3 atom stereocenters. The first-order valence-corrected chi connectivity index (χ1v) is 7.25. The van der Waals surface area contributed by atoms with Crippen LogP contribution in [-0.2, 0) is 9.47 Å². The van der Waals surface area contributed by atoms with Crippen LogP contribution in [0.15, 0.2) is 30.3 Å². The molecule has 20 heavy (non-hydrogen) atoms. The molecule has 3 nitrogen and oxygen atoms in total. The fraction of sp³-hybridized carbons (Fsp3) is 0.588. The number of ether oxygens (including phenoxy) is 2. The predicted molar refractivity (Wildman–Crippen MR) is 78.7 cm³/mol. The van der Waals surface area contributed by atoms with E-state index in [2.05, 4.69) is 20.8 Å². The lowest BCUT2D eigenvalue weighted by Crippen LogP contribution is -2.44. The van der Waals surface area contributed by atoms with Gasteiger partial charge in [-0.2, -0.15) is 0 Å². The van der Waals surface area contributed by atoms with E-state index in [1.807, 2.05) is 37.3 Å². The fourth-order valence-corrected chi connectivity index (χ4v) is 2.39. The molecule has 2 rings (SSSR count). The van der Waals surface area contributed by atoms with Crippen LogP contribution in [0.5, 0.6) is 0 Å². The SMILES string of the molecule is C[C@H]1C[C@@H](CC(=O)c2ccccc2)O[C@@H](C(C)(C)C)O1. The van der Waals surface area contributed by atoms with Crippen LogP contribution in [0.1, 0.15) is 50.9 Å². The van der Waals surface area contributed by atoms with Crippen LogP contribution in [0.3, 0.4) is 0 Å². The lowest BCUT2D eigenvalue weighted by Gasteiger charge is -2.40. The van der Waals surface area contributed by atoms with Crippen molar-refractivity contribution in [3.63, 3.8) is 0 Å². The van der Waals surface area contributed by atoms with E-state index < -0.39 is 0 Å². The zero-order valence-corrected chi connectivity index (χ0v) is 12.8. The molecule has 1 aromatic carbocycles. The Morgan fingerprint density at radius 3 is 2.45 bits per heavy atom. The van der Waals surface area contributed by atoms with E-state index in [1.165, 1.54) is 0 Å². The van der Waals surface area contributed by atoms with Gasteiger partial charge >= 0.3 is 0 Å². The second kappa shape index (κ2) is 6.06. The van der Waals surface area contributed by atoms with Gasteiger partial charge in [-0.25, -0.2) is 0 Å². The molecule has 1 saturated heterocycles. The highest BCUT2D eigenvalue weighted by Crippen LogP contribution is 2.32. The van der Waals surface area contributed by atoms with Gasteiger partial charge in [-0.15, -0.1) is 0 Å². The van der Waals surface area contributed by atoms with Crippen molar-refractivity contribution in [1.82, 2.24) is 0 Å². The highest BCUT2D eigenvalue weighted by molar-refractivity contribution is 5.96. The molecule has 1 aromatic rings. The molecule has 0 N–H and O–H groups in total. The van der Waals surface area contributed by atoms with Crippen LogP contribution >= 0.6 is 0 Å². The van der Waals surface area contributed by atoms with E-state index in [1.54, 1.807) is 0 Å². The number of hydrogen-bond donors (Lipinski definition) is 0. The summed E-state index contributed by atoms with van der Waals surface area (Å²) in [6.07, 6.45) is 1.01. The van der Waals surface area contributed by atoms with Gasteiger partial charge in [0.1, 0.15) is 0 Å². The molecule has 3 heteroatoms. The lowest BCUT2D eigenvalue weighted by atomic mass is 9.93. The van der Waals surface area contributed by atoms with E-state index in [0.29, 0.717) is 6.42 Å². The molecule has 1 aliphatic rings. The third-order valence-electron chi connectivity index (χ3n) is 3.48. The number of Topliss-reactive ketones (excluding diaryl/α,β-unsaturated/α-hetero) is 1. The van der Waals surface area contributed by atoms with Crippen molar-refractivity contribution in [1.29, 1.82) is 0 Å². The minimum Gasteiger partial charge on any atom is -0.349 e. The van der Waals surface area contributed by atoms with Gasteiger partial charge in [-0.3, -0.25) is 4.79 Å². The van der Waals surface area contributed by atoms with E-state index in [4.69, 9.17) is 9.47 Å². The standard InChI is InChI=1S/C17H24O3/c1-12-10-14(20-16(19-12)17(2,3)4)11-15(18)13-8-6-5-7-9-13/h5-9,12,14,16H,10-11H2,1-4H3/t12-,14-,16-/m0/s1. The molecule has 110 valence electrons. The molecule has 0 bridgehead atoms.